The Morgan fingerprint density at radius 3 is 2.44 bits per heavy atom. The number of carbonyl (C=O) groups is 2. The maximum Gasteiger partial charge on any atom is 0.385 e. The molecule has 8 heteroatoms. The molecule has 0 saturated carbocycles. The summed E-state index contributed by atoms with van der Waals surface area (Å²) in [5.41, 5.74) is -1.12. The number of esters is 2. The van der Waals surface area contributed by atoms with Crippen LogP contribution >= 0.6 is 0 Å². The Morgan fingerprint density at radius 2 is 2.00 bits per heavy atom. The Balaban J connectivity index is 2.95. The molecule has 0 spiro atoms. The number of alkyl halides is 2. The molecule has 0 radical (unpaired) electrons. The number of methoxy groups -OCH3 is 1. The van der Waals surface area contributed by atoms with Gasteiger partial charge in [-0.25, -0.2) is 14.6 Å². The van der Waals surface area contributed by atoms with Gasteiger partial charge in [-0.05, 0) is 6.92 Å². The number of rotatable bonds is 4. The van der Waals surface area contributed by atoms with Crippen molar-refractivity contribution in [3.63, 3.8) is 0 Å². The summed E-state index contributed by atoms with van der Waals surface area (Å²) >= 11 is 0. The normalized spacial score (nSPS) is 10.9. The molecule has 0 aromatic carbocycles. The van der Waals surface area contributed by atoms with Crippen molar-refractivity contribution in [2.45, 2.75) is 12.8 Å². The highest BCUT2D eigenvalue weighted by Crippen LogP contribution is 2.26. The van der Waals surface area contributed by atoms with Crippen LogP contribution in [0.3, 0.4) is 0 Å². The summed E-state index contributed by atoms with van der Waals surface area (Å²) in [6.45, 7) is 1.71. The number of hydrogen-bond donors (Lipinski definition) is 0. The monoisotopic (exact) mass is 260 g/mol. The van der Waals surface area contributed by atoms with Crippen molar-refractivity contribution in [1.29, 1.82) is 0 Å². The topological polar surface area (TPSA) is 78.4 Å². The molecule has 0 aliphatic heterocycles. The maximum absolute atomic E-state index is 13.3. The zero-order valence-corrected chi connectivity index (χ0v) is 9.65. The van der Waals surface area contributed by atoms with E-state index in [-0.39, 0.29) is 12.3 Å². The molecule has 0 atom stereocenters. The van der Waals surface area contributed by atoms with Gasteiger partial charge < -0.3 is 9.47 Å². The lowest BCUT2D eigenvalue weighted by Crippen LogP contribution is -2.28. The van der Waals surface area contributed by atoms with E-state index in [2.05, 4.69) is 19.4 Å². The van der Waals surface area contributed by atoms with E-state index in [1.54, 1.807) is 6.92 Å². The van der Waals surface area contributed by atoms with Crippen LogP contribution in [0, 0.1) is 0 Å². The van der Waals surface area contributed by atoms with Gasteiger partial charge in [0.05, 0.1) is 26.1 Å². The van der Waals surface area contributed by atoms with Gasteiger partial charge in [-0.3, -0.25) is 4.98 Å². The second-order valence-electron chi connectivity index (χ2n) is 3.07. The Bertz CT molecular complexity index is 448. The summed E-state index contributed by atoms with van der Waals surface area (Å²) in [6, 6.07) is 0. The van der Waals surface area contributed by atoms with Crippen LogP contribution in [0.1, 0.15) is 23.1 Å². The zero-order chi connectivity index (χ0) is 13.8. The number of aromatic nitrogens is 2. The van der Waals surface area contributed by atoms with Crippen LogP contribution in [-0.4, -0.2) is 35.6 Å². The fourth-order valence-electron chi connectivity index (χ4n) is 1.03. The third-order valence-electron chi connectivity index (χ3n) is 1.90. The van der Waals surface area contributed by atoms with Gasteiger partial charge in [-0.1, -0.05) is 0 Å². The Morgan fingerprint density at radius 1 is 1.33 bits per heavy atom. The molecule has 0 saturated heterocycles. The quantitative estimate of drug-likeness (QED) is 0.749. The second kappa shape index (κ2) is 5.48. The molecule has 0 amide bonds. The summed E-state index contributed by atoms with van der Waals surface area (Å²) in [4.78, 5) is 28.8. The lowest BCUT2D eigenvalue weighted by molar-refractivity contribution is -0.170. The second-order valence-corrected chi connectivity index (χ2v) is 3.07. The van der Waals surface area contributed by atoms with Crippen molar-refractivity contribution in [3.8, 4) is 0 Å². The van der Waals surface area contributed by atoms with E-state index in [4.69, 9.17) is 0 Å². The van der Waals surface area contributed by atoms with Gasteiger partial charge in [0.25, 0.3) is 0 Å². The average molecular weight is 260 g/mol. The molecule has 0 aliphatic rings. The lowest BCUT2D eigenvalue weighted by Gasteiger charge is -2.12. The van der Waals surface area contributed by atoms with E-state index in [0.717, 1.165) is 13.3 Å². The van der Waals surface area contributed by atoms with Crippen LogP contribution in [0.2, 0.25) is 0 Å². The van der Waals surface area contributed by atoms with E-state index in [1.165, 1.54) is 0 Å². The Hall–Kier alpha value is -2.12. The molecule has 0 unspecified atom stereocenters. The first-order valence-electron chi connectivity index (χ1n) is 4.89. The van der Waals surface area contributed by atoms with Crippen molar-refractivity contribution in [2.24, 2.45) is 0 Å². The van der Waals surface area contributed by atoms with Gasteiger partial charge >= 0.3 is 17.9 Å². The molecule has 0 bridgehead atoms. The lowest BCUT2D eigenvalue weighted by atomic mass is 10.2. The van der Waals surface area contributed by atoms with E-state index in [9.17, 15) is 18.4 Å². The molecule has 1 rings (SSSR count). The van der Waals surface area contributed by atoms with Crippen LogP contribution in [-0.2, 0) is 20.2 Å². The smallest absolute Gasteiger partial charge is 0.385 e. The summed E-state index contributed by atoms with van der Waals surface area (Å²) < 4.78 is 35.2. The van der Waals surface area contributed by atoms with Crippen molar-refractivity contribution in [3.05, 3.63) is 23.8 Å². The first-order chi connectivity index (χ1) is 8.43. The predicted octanol–water partition coefficient (Wildman–Crippen LogP) is 0.918. The van der Waals surface area contributed by atoms with Crippen molar-refractivity contribution in [2.75, 3.05) is 13.7 Å². The Labute approximate surface area is 101 Å². The van der Waals surface area contributed by atoms with E-state index >= 15 is 0 Å². The van der Waals surface area contributed by atoms with Gasteiger partial charge in [0, 0.05) is 0 Å². The van der Waals surface area contributed by atoms with E-state index < -0.39 is 23.6 Å². The number of hydrogen-bond acceptors (Lipinski definition) is 6. The van der Waals surface area contributed by atoms with Gasteiger partial charge in [-0.15, -0.1) is 0 Å². The van der Waals surface area contributed by atoms with Crippen LogP contribution < -0.4 is 0 Å². The van der Waals surface area contributed by atoms with Gasteiger partial charge in [0.15, 0.2) is 5.69 Å². The maximum atomic E-state index is 13.3. The zero-order valence-electron chi connectivity index (χ0n) is 9.65. The van der Waals surface area contributed by atoms with E-state index in [0.29, 0.717) is 6.20 Å². The summed E-state index contributed by atoms with van der Waals surface area (Å²) in [7, 11) is 0.830. The fourth-order valence-corrected chi connectivity index (χ4v) is 1.03. The molecule has 6 nitrogen and oxygen atoms in total. The first-order valence-corrected chi connectivity index (χ1v) is 4.89. The van der Waals surface area contributed by atoms with Crippen LogP contribution in [0.5, 0.6) is 0 Å². The standard InChI is InChI=1S/C10H10F2N2O4/c1-3-18-8(15)6-4-14-7(5-13-6)10(11,12)9(16)17-2/h4-5H,3H2,1-2H3. The van der Waals surface area contributed by atoms with Crippen LogP contribution in [0.4, 0.5) is 8.78 Å². The SMILES string of the molecule is CCOC(=O)c1cnc(C(F)(F)C(=O)OC)cn1. The highest BCUT2D eigenvalue weighted by Gasteiger charge is 2.44. The third-order valence-corrected chi connectivity index (χ3v) is 1.90. The van der Waals surface area contributed by atoms with Gasteiger partial charge in [-0.2, -0.15) is 8.78 Å². The average Bonchev–Trinajstić information content (AvgIpc) is 2.38. The fraction of sp³-hybridized carbons (Fsp3) is 0.400. The van der Waals surface area contributed by atoms with Crippen LogP contribution in [0.15, 0.2) is 12.4 Å². The van der Waals surface area contributed by atoms with Crippen molar-refractivity contribution >= 4 is 11.9 Å². The largest absolute Gasteiger partial charge is 0.464 e. The van der Waals surface area contributed by atoms with Gasteiger partial charge in [0.2, 0.25) is 0 Å². The Kier molecular flexibility index (Phi) is 4.24. The molecular weight excluding hydrogens is 250 g/mol. The summed E-state index contributed by atoms with van der Waals surface area (Å²) in [6.07, 6.45) is 1.44. The minimum Gasteiger partial charge on any atom is -0.464 e. The van der Waals surface area contributed by atoms with Crippen molar-refractivity contribution in [1.82, 2.24) is 9.97 Å². The summed E-state index contributed by atoms with van der Waals surface area (Å²) in [5, 5.41) is 0. The van der Waals surface area contributed by atoms with Gasteiger partial charge in [0.1, 0.15) is 5.69 Å². The highest BCUT2D eigenvalue weighted by molar-refractivity contribution is 5.86. The number of nitrogens with zero attached hydrogens (tertiary/aromatic N) is 2. The summed E-state index contributed by atoms with van der Waals surface area (Å²) in [5.74, 6) is -6.44. The first kappa shape index (κ1) is 13.9. The molecule has 18 heavy (non-hydrogen) atoms. The molecule has 0 aliphatic carbocycles. The minimum atomic E-state index is -3.91. The minimum absolute atomic E-state index is 0.126. The third kappa shape index (κ3) is 2.76. The molecule has 1 heterocycles. The number of carbonyl (C=O) groups excluding carboxylic acids is 2. The number of halogens is 2. The number of ether oxygens (including phenoxy) is 2. The van der Waals surface area contributed by atoms with E-state index in [1.807, 2.05) is 0 Å². The van der Waals surface area contributed by atoms with Crippen molar-refractivity contribution < 1.29 is 27.8 Å². The van der Waals surface area contributed by atoms with Crippen LogP contribution in [0.25, 0.3) is 0 Å². The molecule has 0 fully saturated rings. The predicted molar refractivity (Wildman–Crippen MR) is 53.9 cm³/mol. The molecule has 1 aromatic heterocycles. The molecular formula is C10H10F2N2O4. The molecule has 98 valence electrons. The molecule has 1 aromatic rings. The highest BCUT2D eigenvalue weighted by atomic mass is 19.3. The molecule has 0 N–H and O–H groups in total.